The number of hydrogen-bond acceptors (Lipinski definition) is 2. The minimum absolute atomic E-state index is 0.247. The van der Waals surface area contributed by atoms with Crippen molar-refractivity contribution in [1.82, 2.24) is 5.32 Å². The Morgan fingerprint density at radius 2 is 2.17 bits per heavy atom. The van der Waals surface area contributed by atoms with Crippen molar-refractivity contribution in [2.75, 3.05) is 19.8 Å². The van der Waals surface area contributed by atoms with Crippen molar-refractivity contribution in [3.8, 4) is 0 Å². The number of nitrogens with one attached hydrogen (secondary N) is 1. The second kappa shape index (κ2) is 4.24. The van der Waals surface area contributed by atoms with Crippen LogP contribution in [-0.4, -0.2) is 25.3 Å². The highest BCUT2D eigenvalue weighted by Gasteiger charge is 2.16. The van der Waals surface area contributed by atoms with Crippen molar-refractivity contribution in [3.05, 3.63) is 0 Å². The van der Waals surface area contributed by atoms with Crippen molar-refractivity contribution in [2.24, 2.45) is 5.92 Å². The van der Waals surface area contributed by atoms with Crippen molar-refractivity contribution < 1.29 is 4.74 Å². The molecule has 1 aliphatic heterocycles. The molecule has 1 rings (SSSR count). The van der Waals surface area contributed by atoms with Gasteiger partial charge >= 0.3 is 0 Å². The molecule has 0 saturated carbocycles. The topological polar surface area (TPSA) is 21.3 Å². The molecule has 72 valence electrons. The van der Waals surface area contributed by atoms with Gasteiger partial charge in [0.25, 0.3) is 0 Å². The minimum atomic E-state index is 0.247. The first-order valence-corrected chi connectivity index (χ1v) is 4.91. The van der Waals surface area contributed by atoms with E-state index in [0.717, 1.165) is 25.7 Å². The monoisotopic (exact) mass is 171 g/mol. The molecule has 0 bridgehead atoms. The second-order valence-electron chi connectivity index (χ2n) is 4.71. The maximum Gasteiger partial charge on any atom is 0.0506 e. The number of hydrogen-bond donors (Lipinski definition) is 1. The van der Waals surface area contributed by atoms with Gasteiger partial charge in [0, 0.05) is 18.7 Å². The average Bonchev–Trinajstić information content (AvgIpc) is 2.02. The highest BCUT2D eigenvalue weighted by molar-refractivity contribution is 4.74. The van der Waals surface area contributed by atoms with Crippen LogP contribution in [-0.2, 0) is 4.74 Å². The molecule has 1 heterocycles. The lowest BCUT2D eigenvalue weighted by Crippen LogP contribution is -2.40. The van der Waals surface area contributed by atoms with E-state index < -0.39 is 0 Å². The van der Waals surface area contributed by atoms with Crippen molar-refractivity contribution in [2.45, 2.75) is 39.2 Å². The Hall–Kier alpha value is -0.0800. The van der Waals surface area contributed by atoms with Gasteiger partial charge in [-0.05, 0) is 39.5 Å². The summed E-state index contributed by atoms with van der Waals surface area (Å²) in [5.74, 6) is 0.734. The summed E-state index contributed by atoms with van der Waals surface area (Å²) in [6, 6.07) is 0. The third-order valence-electron chi connectivity index (χ3n) is 2.18. The fraction of sp³-hybridized carbons (Fsp3) is 1.00. The summed E-state index contributed by atoms with van der Waals surface area (Å²) in [7, 11) is 0. The van der Waals surface area contributed by atoms with Crippen LogP contribution in [0.3, 0.4) is 0 Å². The summed E-state index contributed by atoms with van der Waals surface area (Å²) >= 11 is 0. The van der Waals surface area contributed by atoms with Crippen LogP contribution >= 0.6 is 0 Å². The highest BCUT2D eigenvalue weighted by atomic mass is 16.5. The van der Waals surface area contributed by atoms with Gasteiger partial charge in [0.2, 0.25) is 0 Å². The molecular weight excluding hydrogens is 150 g/mol. The van der Waals surface area contributed by atoms with Gasteiger partial charge in [-0.15, -0.1) is 0 Å². The van der Waals surface area contributed by atoms with Gasteiger partial charge in [-0.25, -0.2) is 0 Å². The van der Waals surface area contributed by atoms with Gasteiger partial charge < -0.3 is 10.1 Å². The van der Waals surface area contributed by atoms with Gasteiger partial charge in [-0.2, -0.15) is 0 Å². The summed E-state index contributed by atoms with van der Waals surface area (Å²) in [4.78, 5) is 0. The van der Waals surface area contributed by atoms with Gasteiger partial charge in [-0.1, -0.05) is 0 Å². The van der Waals surface area contributed by atoms with Crippen molar-refractivity contribution in [1.29, 1.82) is 0 Å². The Morgan fingerprint density at radius 3 is 2.67 bits per heavy atom. The molecule has 0 unspecified atom stereocenters. The standard InChI is InChI=1S/C10H21NO/c1-10(2,3)11-7-9-5-4-6-12-8-9/h9,11H,4-8H2,1-3H3/t9-/m1/s1. The van der Waals surface area contributed by atoms with E-state index in [9.17, 15) is 0 Å². The van der Waals surface area contributed by atoms with E-state index in [-0.39, 0.29) is 5.54 Å². The molecule has 2 nitrogen and oxygen atoms in total. The highest BCUT2D eigenvalue weighted by Crippen LogP contribution is 2.13. The van der Waals surface area contributed by atoms with Crippen LogP contribution in [0.4, 0.5) is 0 Å². The first kappa shape index (κ1) is 10.0. The summed E-state index contributed by atoms with van der Waals surface area (Å²) in [5, 5.41) is 3.51. The zero-order valence-corrected chi connectivity index (χ0v) is 8.52. The van der Waals surface area contributed by atoms with Gasteiger partial charge in [-0.3, -0.25) is 0 Å². The number of rotatable bonds is 2. The molecular formula is C10H21NO. The Labute approximate surface area is 75.7 Å². The SMILES string of the molecule is CC(C)(C)NC[C@H]1CCCOC1. The largest absolute Gasteiger partial charge is 0.381 e. The van der Waals surface area contributed by atoms with Crippen LogP contribution in [0, 0.1) is 5.92 Å². The summed E-state index contributed by atoms with van der Waals surface area (Å²) in [5.41, 5.74) is 0.247. The number of ether oxygens (including phenoxy) is 1. The zero-order valence-electron chi connectivity index (χ0n) is 8.52. The van der Waals surface area contributed by atoms with E-state index >= 15 is 0 Å². The van der Waals surface area contributed by atoms with Gasteiger partial charge in [0.05, 0.1) is 6.61 Å². The lowest BCUT2D eigenvalue weighted by Gasteiger charge is -2.27. The Morgan fingerprint density at radius 1 is 1.42 bits per heavy atom. The Balaban J connectivity index is 2.13. The fourth-order valence-electron chi connectivity index (χ4n) is 1.42. The van der Waals surface area contributed by atoms with Crippen molar-refractivity contribution >= 4 is 0 Å². The molecule has 1 fully saturated rings. The molecule has 0 aromatic heterocycles. The first-order valence-electron chi connectivity index (χ1n) is 4.91. The van der Waals surface area contributed by atoms with E-state index in [2.05, 4.69) is 26.1 Å². The van der Waals surface area contributed by atoms with E-state index in [1.807, 2.05) is 0 Å². The van der Waals surface area contributed by atoms with E-state index in [1.54, 1.807) is 0 Å². The lowest BCUT2D eigenvalue weighted by atomic mass is 10.0. The molecule has 1 atom stereocenters. The van der Waals surface area contributed by atoms with Gasteiger partial charge in [0.1, 0.15) is 0 Å². The van der Waals surface area contributed by atoms with E-state index in [1.165, 1.54) is 12.8 Å². The van der Waals surface area contributed by atoms with E-state index in [4.69, 9.17) is 4.74 Å². The fourth-order valence-corrected chi connectivity index (χ4v) is 1.42. The third-order valence-corrected chi connectivity index (χ3v) is 2.18. The van der Waals surface area contributed by atoms with Crippen LogP contribution in [0.1, 0.15) is 33.6 Å². The first-order chi connectivity index (χ1) is 5.58. The maximum atomic E-state index is 5.41. The molecule has 0 aromatic rings. The Kier molecular flexibility index (Phi) is 3.53. The summed E-state index contributed by atoms with van der Waals surface area (Å²) < 4.78 is 5.41. The molecule has 1 saturated heterocycles. The molecule has 0 radical (unpaired) electrons. The van der Waals surface area contributed by atoms with Crippen LogP contribution < -0.4 is 5.32 Å². The van der Waals surface area contributed by atoms with Crippen LogP contribution in [0.15, 0.2) is 0 Å². The molecule has 2 heteroatoms. The van der Waals surface area contributed by atoms with Crippen LogP contribution in [0.25, 0.3) is 0 Å². The molecule has 0 aromatic carbocycles. The third kappa shape index (κ3) is 4.07. The predicted octanol–water partition coefficient (Wildman–Crippen LogP) is 1.80. The van der Waals surface area contributed by atoms with E-state index in [0.29, 0.717) is 0 Å². The maximum absolute atomic E-state index is 5.41. The normalized spacial score (nSPS) is 25.8. The lowest BCUT2D eigenvalue weighted by molar-refractivity contribution is 0.0526. The van der Waals surface area contributed by atoms with Crippen LogP contribution in [0.2, 0.25) is 0 Å². The molecule has 12 heavy (non-hydrogen) atoms. The smallest absolute Gasteiger partial charge is 0.0506 e. The Bertz CT molecular complexity index is 122. The zero-order chi connectivity index (χ0) is 9.03. The van der Waals surface area contributed by atoms with Crippen molar-refractivity contribution in [3.63, 3.8) is 0 Å². The summed E-state index contributed by atoms with van der Waals surface area (Å²) in [6.07, 6.45) is 2.56. The van der Waals surface area contributed by atoms with Crippen LogP contribution in [0.5, 0.6) is 0 Å². The molecule has 1 aliphatic rings. The minimum Gasteiger partial charge on any atom is -0.381 e. The van der Waals surface area contributed by atoms with Gasteiger partial charge in [0.15, 0.2) is 0 Å². The average molecular weight is 171 g/mol. The quantitative estimate of drug-likeness (QED) is 0.684. The molecule has 0 spiro atoms. The predicted molar refractivity (Wildman–Crippen MR) is 51.3 cm³/mol. The summed E-state index contributed by atoms with van der Waals surface area (Å²) in [6.45, 7) is 9.63. The molecule has 1 N–H and O–H groups in total. The molecule has 0 amide bonds. The molecule has 0 aliphatic carbocycles. The second-order valence-corrected chi connectivity index (χ2v) is 4.71.